The molecule has 4 atom stereocenters. The van der Waals surface area contributed by atoms with Crippen LogP contribution >= 0.6 is 0 Å². The molecule has 4 unspecified atom stereocenters. The summed E-state index contributed by atoms with van der Waals surface area (Å²) >= 11 is 0. The maximum absolute atomic E-state index is 10.6. The largest absolute Gasteiger partial charge is 0.390 e. The monoisotopic (exact) mass is 360 g/mol. The third-order valence-electron chi connectivity index (χ3n) is 5.94. The van der Waals surface area contributed by atoms with E-state index < -0.39 is 11.7 Å². The molecule has 0 bridgehead atoms. The Hall–Kier alpha value is -1.16. The highest BCUT2D eigenvalue weighted by Gasteiger charge is 2.37. The standard InChI is InChI=1S/C23H36O3/c1-6-20(26-5)12-11-17-7-9-18(10-8-17)14-19-13-16(2)22(24)15-21(19)23(3,4)25/h7-10,13,19-22,24-25H,6,11-12,14-15H2,1-5H3. The summed E-state index contributed by atoms with van der Waals surface area (Å²) in [6.45, 7) is 7.86. The van der Waals surface area contributed by atoms with Gasteiger partial charge in [-0.05, 0) is 81.4 Å². The summed E-state index contributed by atoms with van der Waals surface area (Å²) in [5, 5.41) is 20.7. The summed E-state index contributed by atoms with van der Waals surface area (Å²) in [5.41, 5.74) is 2.86. The average molecular weight is 361 g/mol. The average Bonchev–Trinajstić information content (AvgIpc) is 2.59. The second-order valence-electron chi connectivity index (χ2n) is 8.41. The highest BCUT2D eigenvalue weighted by molar-refractivity contribution is 5.25. The molecule has 0 aromatic heterocycles. The second-order valence-corrected chi connectivity index (χ2v) is 8.41. The maximum atomic E-state index is 10.6. The molecule has 1 aromatic rings. The normalized spacial score (nSPS) is 25.0. The first-order valence-corrected chi connectivity index (χ1v) is 9.94. The Morgan fingerprint density at radius 3 is 2.35 bits per heavy atom. The van der Waals surface area contributed by atoms with Crippen molar-refractivity contribution in [1.82, 2.24) is 0 Å². The summed E-state index contributed by atoms with van der Waals surface area (Å²) in [6.07, 6.45) is 6.73. The molecule has 1 aromatic carbocycles. The summed E-state index contributed by atoms with van der Waals surface area (Å²) in [7, 11) is 1.78. The fraction of sp³-hybridized carbons (Fsp3) is 0.652. The lowest BCUT2D eigenvalue weighted by atomic mass is 9.70. The van der Waals surface area contributed by atoms with Crippen LogP contribution in [0.2, 0.25) is 0 Å². The van der Waals surface area contributed by atoms with Crippen molar-refractivity contribution in [2.75, 3.05) is 7.11 Å². The Balaban J connectivity index is 2.04. The molecule has 146 valence electrons. The molecule has 0 heterocycles. The number of rotatable bonds is 8. The minimum Gasteiger partial charge on any atom is -0.390 e. The summed E-state index contributed by atoms with van der Waals surface area (Å²) < 4.78 is 5.46. The van der Waals surface area contributed by atoms with Gasteiger partial charge in [-0.15, -0.1) is 0 Å². The lowest BCUT2D eigenvalue weighted by Gasteiger charge is -2.40. The highest BCUT2D eigenvalue weighted by atomic mass is 16.5. The SMILES string of the molecule is CCC(CCc1ccc(CC2C=C(C)C(O)CC2C(C)(C)O)cc1)OC. The van der Waals surface area contributed by atoms with E-state index in [0.717, 1.165) is 31.3 Å². The zero-order valence-electron chi connectivity index (χ0n) is 17.0. The molecule has 0 saturated heterocycles. The maximum Gasteiger partial charge on any atom is 0.0751 e. The fourth-order valence-corrected chi connectivity index (χ4v) is 4.11. The van der Waals surface area contributed by atoms with Gasteiger partial charge in [0, 0.05) is 7.11 Å². The van der Waals surface area contributed by atoms with Crippen molar-refractivity contribution in [3.8, 4) is 0 Å². The van der Waals surface area contributed by atoms with Crippen LogP contribution in [0.5, 0.6) is 0 Å². The summed E-state index contributed by atoms with van der Waals surface area (Å²) in [6, 6.07) is 8.84. The third-order valence-corrected chi connectivity index (χ3v) is 5.94. The van der Waals surface area contributed by atoms with E-state index in [4.69, 9.17) is 4.74 Å². The van der Waals surface area contributed by atoms with Crippen molar-refractivity contribution >= 4 is 0 Å². The zero-order valence-corrected chi connectivity index (χ0v) is 17.0. The Labute approximate surface area is 159 Å². The number of aryl methyl sites for hydroxylation is 1. The number of benzene rings is 1. The van der Waals surface area contributed by atoms with Crippen LogP contribution in [0.1, 0.15) is 58.1 Å². The second kappa shape index (κ2) is 9.16. The molecular weight excluding hydrogens is 324 g/mol. The van der Waals surface area contributed by atoms with E-state index in [9.17, 15) is 10.2 Å². The molecule has 1 aliphatic rings. The van der Waals surface area contributed by atoms with Crippen molar-refractivity contribution in [3.05, 3.63) is 47.0 Å². The molecule has 3 nitrogen and oxygen atoms in total. The number of hydrogen-bond acceptors (Lipinski definition) is 3. The van der Waals surface area contributed by atoms with E-state index in [0.29, 0.717) is 12.5 Å². The molecular formula is C23H36O3. The number of methoxy groups -OCH3 is 1. The van der Waals surface area contributed by atoms with Crippen LogP contribution in [0.3, 0.4) is 0 Å². The van der Waals surface area contributed by atoms with Gasteiger partial charge in [-0.1, -0.05) is 37.3 Å². The minimum absolute atomic E-state index is 0.0629. The molecule has 0 spiro atoms. The van der Waals surface area contributed by atoms with Crippen molar-refractivity contribution < 1.29 is 14.9 Å². The molecule has 0 aliphatic heterocycles. The van der Waals surface area contributed by atoms with Gasteiger partial charge in [0.25, 0.3) is 0 Å². The Bertz CT molecular complexity index is 578. The Morgan fingerprint density at radius 2 is 1.81 bits per heavy atom. The molecule has 0 radical (unpaired) electrons. The molecule has 1 aliphatic carbocycles. The van der Waals surface area contributed by atoms with Gasteiger partial charge in [-0.3, -0.25) is 0 Å². The molecule has 26 heavy (non-hydrogen) atoms. The molecule has 2 rings (SSSR count). The van der Waals surface area contributed by atoms with E-state index in [1.165, 1.54) is 11.1 Å². The van der Waals surface area contributed by atoms with Crippen LogP contribution < -0.4 is 0 Å². The Morgan fingerprint density at radius 1 is 1.19 bits per heavy atom. The number of aliphatic hydroxyl groups is 2. The smallest absolute Gasteiger partial charge is 0.0751 e. The van der Waals surface area contributed by atoms with E-state index >= 15 is 0 Å². The van der Waals surface area contributed by atoms with Crippen LogP contribution in [0, 0.1) is 11.8 Å². The third kappa shape index (κ3) is 5.67. The van der Waals surface area contributed by atoms with Gasteiger partial charge in [-0.2, -0.15) is 0 Å². The van der Waals surface area contributed by atoms with E-state index in [1.807, 2.05) is 20.8 Å². The fourth-order valence-electron chi connectivity index (χ4n) is 4.11. The van der Waals surface area contributed by atoms with Crippen LogP contribution in [0.4, 0.5) is 0 Å². The first kappa shape index (κ1) is 21.1. The van der Waals surface area contributed by atoms with Crippen molar-refractivity contribution in [3.63, 3.8) is 0 Å². The summed E-state index contributed by atoms with van der Waals surface area (Å²) in [4.78, 5) is 0. The van der Waals surface area contributed by atoms with E-state index in [2.05, 4.69) is 37.3 Å². The van der Waals surface area contributed by atoms with Crippen molar-refractivity contribution in [2.45, 2.75) is 77.6 Å². The number of hydrogen-bond donors (Lipinski definition) is 2. The Kier molecular flexibility index (Phi) is 7.45. The van der Waals surface area contributed by atoms with Gasteiger partial charge in [-0.25, -0.2) is 0 Å². The van der Waals surface area contributed by atoms with Crippen LogP contribution in [0.25, 0.3) is 0 Å². The predicted molar refractivity (Wildman–Crippen MR) is 107 cm³/mol. The lowest BCUT2D eigenvalue weighted by Crippen LogP contribution is -2.41. The number of ether oxygens (including phenoxy) is 1. The van der Waals surface area contributed by atoms with Crippen molar-refractivity contribution in [1.29, 1.82) is 0 Å². The van der Waals surface area contributed by atoms with Crippen molar-refractivity contribution in [2.24, 2.45) is 11.8 Å². The van der Waals surface area contributed by atoms with Crippen LogP contribution in [0.15, 0.2) is 35.9 Å². The minimum atomic E-state index is -0.794. The highest BCUT2D eigenvalue weighted by Crippen LogP contribution is 2.38. The summed E-state index contributed by atoms with van der Waals surface area (Å²) in [5.74, 6) is 0.315. The molecule has 2 N–H and O–H groups in total. The first-order chi connectivity index (χ1) is 12.2. The van der Waals surface area contributed by atoms with Gasteiger partial charge in [0.15, 0.2) is 0 Å². The lowest BCUT2D eigenvalue weighted by molar-refractivity contribution is -0.0264. The van der Waals surface area contributed by atoms with Gasteiger partial charge in [0.2, 0.25) is 0 Å². The van der Waals surface area contributed by atoms with Crippen LogP contribution in [-0.2, 0) is 17.6 Å². The number of allylic oxidation sites excluding steroid dienone is 1. The van der Waals surface area contributed by atoms with Crippen LogP contribution in [-0.4, -0.2) is 35.1 Å². The quantitative estimate of drug-likeness (QED) is 0.680. The van der Waals surface area contributed by atoms with E-state index in [-0.39, 0.29) is 11.8 Å². The van der Waals surface area contributed by atoms with Gasteiger partial charge in [0.1, 0.15) is 0 Å². The predicted octanol–water partition coefficient (Wildman–Crippen LogP) is 4.30. The van der Waals surface area contributed by atoms with Gasteiger partial charge < -0.3 is 14.9 Å². The van der Waals surface area contributed by atoms with E-state index in [1.54, 1.807) is 7.11 Å². The first-order valence-electron chi connectivity index (χ1n) is 9.94. The van der Waals surface area contributed by atoms with Gasteiger partial charge in [0.05, 0.1) is 17.8 Å². The molecule has 0 saturated carbocycles. The zero-order chi connectivity index (χ0) is 19.3. The van der Waals surface area contributed by atoms with Gasteiger partial charge >= 0.3 is 0 Å². The molecule has 0 amide bonds. The number of aliphatic hydroxyl groups excluding tert-OH is 1. The molecule has 0 fully saturated rings. The molecule has 3 heteroatoms. The topological polar surface area (TPSA) is 49.7 Å².